The fraction of sp³-hybridized carbons (Fsp3) is 0.182. The van der Waals surface area contributed by atoms with Crippen LogP contribution in [-0.4, -0.2) is 9.78 Å². The molecule has 0 atom stereocenters. The maximum absolute atomic E-state index is 13.2. The second-order valence-corrected chi connectivity index (χ2v) is 3.35. The van der Waals surface area contributed by atoms with Crippen molar-refractivity contribution in [3.63, 3.8) is 0 Å². The van der Waals surface area contributed by atoms with Gasteiger partial charge < -0.3 is 5.73 Å². The Morgan fingerprint density at radius 2 is 2.12 bits per heavy atom. The third kappa shape index (κ3) is 2.23. The zero-order valence-corrected chi connectivity index (χ0v) is 9.67. The van der Waals surface area contributed by atoms with Crippen LogP contribution < -0.4 is 5.73 Å². The molecule has 1 heterocycles. The van der Waals surface area contributed by atoms with Crippen LogP contribution in [-0.2, 0) is 13.6 Å². The Labute approximate surface area is 99.5 Å². The third-order valence-corrected chi connectivity index (χ3v) is 2.38. The smallest absolute Gasteiger partial charge is 0.127 e. The summed E-state index contributed by atoms with van der Waals surface area (Å²) in [6.45, 7) is 0.206. The predicted octanol–water partition coefficient (Wildman–Crippen LogP) is 2.11. The van der Waals surface area contributed by atoms with Gasteiger partial charge in [-0.2, -0.15) is 5.10 Å². The van der Waals surface area contributed by atoms with Gasteiger partial charge in [-0.15, -0.1) is 12.4 Å². The highest BCUT2D eigenvalue weighted by Gasteiger charge is 2.06. The summed E-state index contributed by atoms with van der Waals surface area (Å²) in [5.74, 6) is -0.261. The zero-order valence-electron chi connectivity index (χ0n) is 8.85. The fourth-order valence-corrected chi connectivity index (χ4v) is 1.55. The van der Waals surface area contributed by atoms with Gasteiger partial charge in [0.1, 0.15) is 5.82 Å². The molecule has 16 heavy (non-hydrogen) atoms. The molecule has 0 saturated carbocycles. The van der Waals surface area contributed by atoms with Crippen molar-refractivity contribution >= 4 is 12.4 Å². The van der Waals surface area contributed by atoms with Gasteiger partial charge in [-0.05, 0) is 24.3 Å². The lowest BCUT2D eigenvalue weighted by Crippen LogP contribution is -2.01. The molecular formula is C11H13ClFN3. The summed E-state index contributed by atoms with van der Waals surface area (Å²) in [6.07, 6.45) is 1.71. The van der Waals surface area contributed by atoms with Crippen molar-refractivity contribution in [3.05, 3.63) is 41.8 Å². The maximum atomic E-state index is 13.2. The average Bonchev–Trinajstić information content (AvgIpc) is 2.65. The number of nitrogens with zero attached hydrogens (tertiary/aromatic N) is 2. The van der Waals surface area contributed by atoms with Crippen LogP contribution >= 0.6 is 12.4 Å². The van der Waals surface area contributed by atoms with E-state index in [-0.39, 0.29) is 24.8 Å². The number of nitrogens with two attached hydrogens (primary N) is 1. The number of halogens is 2. The van der Waals surface area contributed by atoms with Crippen molar-refractivity contribution < 1.29 is 4.39 Å². The molecule has 2 N–H and O–H groups in total. The van der Waals surface area contributed by atoms with Gasteiger partial charge in [-0.25, -0.2) is 4.39 Å². The zero-order chi connectivity index (χ0) is 10.8. The van der Waals surface area contributed by atoms with Crippen molar-refractivity contribution in [2.24, 2.45) is 12.8 Å². The van der Waals surface area contributed by atoms with Crippen LogP contribution in [0.2, 0.25) is 0 Å². The van der Waals surface area contributed by atoms with Gasteiger partial charge in [0.25, 0.3) is 0 Å². The number of hydrogen-bond donors (Lipinski definition) is 1. The van der Waals surface area contributed by atoms with E-state index in [2.05, 4.69) is 5.10 Å². The standard InChI is InChI=1S/C11H12FN3.ClH/c1-15-11(4-5-14-15)8-2-3-10(12)9(6-8)7-13;/h2-6H,7,13H2,1H3;1H. The van der Waals surface area contributed by atoms with Crippen LogP contribution in [0.25, 0.3) is 11.3 Å². The third-order valence-electron chi connectivity index (χ3n) is 2.38. The molecule has 0 unspecified atom stereocenters. The summed E-state index contributed by atoms with van der Waals surface area (Å²) in [5, 5.41) is 4.06. The molecule has 0 spiro atoms. The van der Waals surface area contributed by atoms with E-state index in [0.717, 1.165) is 11.3 Å². The second-order valence-electron chi connectivity index (χ2n) is 3.35. The molecule has 2 aromatic rings. The molecular weight excluding hydrogens is 229 g/mol. The first-order valence-corrected chi connectivity index (χ1v) is 4.69. The summed E-state index contributed by atoms with van der Waals surface area (Å²) in [7, 11) is 1.85. The first-order chi connectivity index (χ1) is 7.22. The van der Waals surface area contributed by atoms with E-state index < -0.39 is 0 Å². The lowest BCUT2D eigenvalue weighted by atomic mass is 10.1. The lowest BCUT2D eigenvalue weighted by Gasteiger charge is -2.05. The van der Waals surface area contributed by atoms with Gasteiger partial charge in [-0.1, -0.05) is 0 Å². The molecule has 0 aliphatic heterocycles. The molecule has 3 nitrogen and oxygen atoms in total. The van der Waals surface area contributed by atoms with Gasteiger partial charge in [0.2, 0.25) is 0 Å². The van der Waals surface area contributed by atoms with Gasteiger partial charge in [0.15, 0.2) is 0 Å². The Morgan fingerprint density at radius 1 is 1.38 bits per heavy atom. The van der Waals surface area contributed by atoms with Crippen LogP contribution in [0.1, 0.15) is 5.56 Å². The van der Waals surface area contributed by atoms with E-state index in [1.165, 1.54) is 6.07 Å². The fourth-order valence-electron chi connectivity index (χ4n) is 1.55. The Kier molecular flexibility index (Phi) is 4.04. The van der Waals surface area contributed by atoms with Crippen LogP contribution in [0.5, 0.6) is 0 Å². The van der Waals surface area contributed by atoms with Crippen molar-refractivity contribution in [2.45, 2.75) is 6.54 Å². The topological polar surface area (TPSA) is 43.8 Å². The van der Waals surface area contributed by atoms with Gasteiger partial charge in [0.05, 0.1) is 5.69 Å². The molecule has 1 aromatic heterocycles. The average molecular weight is 242 g/mol. The Morgan fingerprint density at radius 3 is 2.69 bits per heavy atom. The first kappa shape index (κ1) is 12.7. The molecule has 5 heteroatoms. The molecule has 0 radical (unpaired) electrons. The van der Waals surface area contributed by atoms with Gasteiger partial charge in [-0.3, -0.25) is 4.68 Å². The van der Waals surface area contributed by atoms with Crippen molar-refractivity contribution in [2.75, 3.05) is 0 Å². The summed E-state index contributed by atoms with van der Waals surface area (Å²) in [6, 6.07) is 6.80. The highest BCUT2D eigenvalue weighted by Crippen LogP contribution is 2.20. The van der Waals surface area contributed by atoms with Crippen molar-refractivity contribution in [1.29, 1.82) is 0 Å². The minimum absolute atomic E-state index is 0. The van der Waals surface area contributed by atoms with E-state index >= 15 is 0 Å². The molecule has 0 bridgehead atoms. The number of rotatable bonds is 2. The molecule has 0 aliphatic carbocycles. The second kappa shape index (κ2) is 5.09. The normalized spacial score (nSPS) is 9.94. The molecule has 0 aliphatic rings. The maximum Gasteiger partial charge on any atom is 0.127 e. The minimum atomic E-state index is -0.261. The van der Waals surface area contributed by atoms with Crippen molar-refractivity contribution in [3.8, 4) is 11.3 Å². The predicted molar refractivity (Wildman–Crippen MR) is 63.7 cm³/mol. The summed E-state index contributed by atoms with van der Waals surface area (Å²) < 4.78 is 15.0. The summed E-state index contributed by atoms with van der Waals surface area (Å²) in [4.78, 5) is 0. The number of benzene rings is 1. The van der Waals surface area contributed by atoms with E-state index in [0.29, 0.717) is 5.56 Å². The molecule has 0 saturated heterocycles. The van der Waals surface area contributed by atoms with Crippen LogP contribution in [0.3, 0.4) is 0 Å². The Hall–Kier alpha value is -1.39. The molecule has 1 aromatic carbocycles. The number of hydrogen-bond acceptors (Lipinski definition) is 2. The number of aromatic nitrogens is 2. The molecule has 86 valence electrons. The molecule has 0 amide bonds. The van der Waals surface area contributed by atoms with E-state index in [9.17, 15) is 4.39 Å². The SMILES string of the molecule is Cl.Cn1nccc1-c1ccc(F)c(CN)c1. The lowest BCUT2D eigenvalue weighted by molar-refractivity contribution is 0.610. The quantitative estimate of drug-likeness (QED) is 0.875. The van der Waals surface area contributed by atoms with Crippen LogP contribution in [0, 0.1) is 5.82 Å². The van der Waals surface area contributed by atoms with Gasteiger partial charge in [0, 0.05) is 30.9 Å². The molecule has 0 fully saturated rings. The Balaban J connectivity index is 0.00000128. The van der Waals surface area contributed by atoms with E-state index in [1.807, 2.05) is 13.1 Å². The Bertz CT molecular complexity index is 482. The summed E-state index contributed by atoms with van der Waals surface area (Å²) in [5.41, 5.74) is 7.85. The first-order valence-electron chi connectivity index (χ1n) is 4.69. The largest absolute Gasteiger partial charge is 0.326 e. The monoisotopic (exact) mass is 241 g/mol. The van der Waals surface area contributed by atoms with E-state index in [1.54, 1.807) is 23.0 Å². The van der Waals surface area contributed by atoms with Crippen molar-refractivity contribution in [1.82, 2.24) is 9.78 Å². The van der Waals surface area contributed by atoms with Crippen LogP contribution in [0.4, 0.5) is 4.39 Å². The van der Waals surface area contributed by atoms with E-state index in [4.69, 9.17) is 5.73 Å². The van der Waals surface area contributed by atoms with Gasteiger partial charge >= 0.3 is 0 Å². The minimum Gasteiger partial charge on any atom is -0.326 e. The van der Waals surface area contributed by atoms with Crippen LogP contribution in [0.15, 0.2) is 30.5 Å². The highest BCUT2D eigenvalue weighted by atomic mass is 35.5. The number of aryl methyl sites for hydroxylation is 1. The summed E-state index contributed by atoms with van der Waals surface area (Å²) >= 11 is 0. The molecule has 2 rings (SSSR count). The highest BCUT2D eigenvalue weighted by molar-refractivity contribution is 5.85.